The van der Waals surface area contributed by atoms with Crippen LogP contribution in [0.15, 0.2) is 75.9 Å². The van der Waals surface area contributed by atoms with Gasteiger partial charge < -0.3 is 19.2 Å². The number of hydrogen-bond acceptors (Lipinski definition) is 6. The number of ether oxygens (including phenoxy) is 2. The quantitative estimate of drug-likeness (QED) is 0.161. The summed E-state index contributed by atoms with van der Waals surface area (Å²) >= 11 is 0. The fraction of sp³-hybridized carbons (Fsp3) is 0.355. The molecule has 0 atom stereocenters. The molecule has 0 fully saturated rings. The SMILES string of the molecule is CCCCNC(=O)Oc1cccc(CN(CCC)CCCOc2ccc3c(=O)c4ccccc4oc3c2)c1. The van der Waals surface area contributed by atoms with Crippen molar-refractivity contribution in [2.75, 3.05) is 26.2 Å². The van der Waals surface area contributed by atoms with Crippen LogP contribution in [-0.2, 0) is 6.54 Å². The molecule has 4 aromatic rings. The van der Waals surface area contributed by atoms with Crippen LogP contribution in [0.1, 0.15) is 45.1 Å². The standard InChI is InChI=1S/C31H36N2O5/c1-3-5-16-32-31(35)37-25-11-8-10-23(20-25)22-33(17-4-2)18-9-19-36-24-14-15-27-29(21-24)38-28-13-7-6-12-26(28)30(27)34/h6-8,10-15,20-21H,3-5,9,16-19,22H2,1-2H3,(H,32,35). The Hall–Kier alpha value is -3.84. The molecule has 0 aliphatic rings. The third-order valence-corrected chi connectivity index (χ3v) is 6.29. The third kappa shape index (κ3) is 7.35. The second-order valence-electron chi connectivity index (χ2n) is 9.38. The van der Waals surface area contributed by atoms with E-state index in [-0.39, 0.29) is 5.43 Å². The van der Waals surface area contributed by atoms with Crippen molar-refractivity contribution in [1.82, 2.24) is 10.2 Å². The van der Waals surface area contributed by atoms with Gasteiger partial charge in [-0.2, -0.15) is 0 Å². The molecule has 0 bridgehead atoms. The second-order valence-corrected chi connectivity index (χ2v) is 9.38. The first-order valence-electron chi connectivity index (χ1n) is 13.4. The molecule has 0 spiro atoms. The van der Waals surface area contributed by atoms with Gasteiger partial charge in [0.05, 0.1) is 17.4 Å². The van der Waals surface area contributed by atoms with Crippen molar-refractivity contribution in [1.29, 1.82) is 0 Å². The van der Waals surface area contributed by atoms with Crippen LogP contribution in [0.5, 0.6) is 11.5 Å². The van der Waals surface area contributed by atoms with E-state index in [1.54, 1.807) is 30.3 Å². The summed E-state index contributed by atoms with van der Waals surface area (Å²) in [5.74, 6) is 1.23. The van der Waals surface area contributed by atoms with Gasteiger partial charge in [0.2, 0.25) is 5.43 Å². The number of benzene rings is 3. The Morgan fingerprint density at radius 3 is 2.55 bits per heavy atom. The highest BCUT2D eigenvalue weighted by Crippen LogP contribution is 2.23. The number of unbranched alkanes of at least 4 members (excludes halogenated alkanes) is 1. The Morgan fingerprint density at radius 2 is 1.71 bits per heavy atom. The molecule has 1 N–H and O–H groups in total. The molecule has 1 aromatic heterocycles. The summed E-state index contributed by atoms with van der Waals surface area (Å²) in [4.78, 5) is 27.1. The number of carbonyl (C=O) groups is 1. The molecule has 0 unspecified atom stereocenters. The molecule has 200 valence electrons. The minimum Gasteiger partial charge on any atom is -0.493 e. The largest absolute Gasteiger partial charge is 0.493 e. The molecule has 0 saturated heterocycles. The zero-order valence-corrected chi connectivity index (χ0v) is 22.2. The highest BCUT2D eigenvalue weighted by atomic mass is 16.6. The van der Waals surface area contributed by atoms with Crippen molar-refractivity contribution in [3.8, 4) is 11.5 Å². The Balaban J connectivity index is 1.30. The molecule has 0 aliphatic heterocycles. The van der Waals surface area contributed by atoms with Crippen LogP contribution < -0.4 is 20.2 Å². The van der Waals surface area contributed by atoms with Crippen LogP contribution in [0.3, 0.4) is 0 Å². The second kappa shape index (κ2) is 13.6. The molecule has 7 heteroatoms. The summed E-state index contributed by atoms with van der Waals surface area (Å²) < 4.78 is 17.4. The average Bonchev–Trinajstić information content (AvgIpc) is 2.91. The summed E-state index contributed by atoms with van der Waals surface area (Å²) in [6, 6.07) is 20.3. The monoisotopic (exact) mass is 516 g/mol. The lowest BCUT2D eigenvalue weighted by atomic mass is 10.1. The van der Waals surface area contributed by atoms with E-state index in [9.17, 15) is 9.59 Å². The molecule has 38 heavy (non-hydrogen) atoms. The Bertz CT molecular complexity index is 1410. The van der Waals surface area contributed by atoms with E-state index in [4.69, 9.17) is 13.9 Å². The van der Waals surface area contributed by atoms with E-state index in [1.165, 1.54) is 0 Å². The summed E-state index contributed by atoms with van der Waals surface area (Å²) in [7, 11) is 0. The molecular weight excluding hydrogens is 480 g/mol. The van der Waals surface area contributed by atoms with Crippen LogP contribution in [0.4, 0.5) is 4.79 Å². The Labute approximate surface area is 223 Å². The molecule has 1 amide bonds. The lowest BCUT2D eigenvalue weighted by Crippen LogP contribution is -2.28. The van der Waals surface area contributed by atoms with Gasteiger partial charge in [-0.1, -0.05) is 44.5 Å². The van der Waals surface area contributed by atoms with Gasteiger partial charge in [-0.3, -0.25) is 9.69 Å². The van der Waals surface area contributed by atoms with Gasteiger partial charge in [0.15, 0.2) is 0 Å². The van der Waals surface area contributed by atoms with Crippen molar-refractivity contribution in [2.24, 2.45) is 0 Å². The van der Waals surface area contributed by atoms with Crippen LogP contribution in [0.25, 0.3) is 21.9 Å². The van der Waals surface area contributed by atoms with Crippen LogP contribution in [0.2, 0.25) is 0 Å². The Kier molecular flexibility index (Phi) is 9.76. The maximum Gasteiger partial charge on any atom is 0.412 e. The highest BCUT2D eigenvalue weighted by molar-refractivity contribution is 5.90. The van der Waals surface area contributed by atoms with E-state index in [0.717, 1.165) is 50.9 Å². The van der Waals surface area contributed by atoms with Gasteiger partial charge in [0.25, 0.3) is 0 Å². The molecule has 0 saturated carbocycles. The number of carbonyl (C=O) groups excluding carboxylic acids is 1. The van der Waals surface area contributed by atoms with Crippen molar-refractivity contribution in [3.63, 3.8) is 0 Å². The molecule has 0 radical (unpaired) electrons. The summed E-state index contributed by atoms with van der Waals surface area (Å²) in [6.07, 6.45) is 3.41. The predicted molar refractivity (Wildman–Crippen MR) is 151 cm³/mol. The number of rotatable bonds is 13. The van der Waals surface area contributed by atoms with E-state index in [0.29, 0.717) is 46.6 Å². The van der Waals surface area contributed by atoms with Gasteiger partial charge in [-0.25, -0.2) is 4.79 Å². The number of amides is 1. The molecule has 1 heterocycles. The van der Waals surface area contributed by atoms with E-state index in [1.807, 2.05) is 36.4 Å². The third-order valence-electron chi connectivity index (χ3n) is 6.29. The van der Waals surface area contributed by atoms with Crippen LogP contribution in [-0.4, -0.2) is 37.2 Å². The number of nitrogens with one attached hydrogen (secondary N) is 1. The lowest BCUT2D eigenvalue weighted by molar-refractivity contribution is 0.200. The summed E-state index contributed by atoms with van der Waals surface area (Å²) in [5.41, 5.74) is 2.16. The highest BCUT2D eigenvalue weighted by Gasteiger charge is 2.10. The number of fused-ring (bicyclic) bond motifs is 2. The van der Waals surface area contributed by atoms with Gasteiger partial charge in [-0.05, 0) is 67.8 Å². The van der Waals surface area contributed by atoms with Crippen LogP contribution >= 0.6 is 0 Å². The van der Waals surface area contributed by atoms with Crippen molar-refractivity contribution >= 4 is 28.0 Å². The molecule has 7 nitrogen and oxygen atoms in total. The fourth-order valence-electron chi connectivity index (χ4n) is 4.41. The summed E-state index contributed by atoms with van der Waals surface area (Å²) in [6.45, 7) is 7.99. The van der Waals surface area contributed by atoms with Crippen LogP contribution in [0, 0.1) is 0 Å². The van der Waals surface area contributed by atoms with Gasteiger partial charge >= 0.3 is 6.09 Å². The van der Waals surface area contributed by atoms with Gasteiger partial charge in [-0.15, -0.1) is 0 Å². The smallest absolute Gasteiger partial charge is 0.412 e. The minimum absolute atomic E-state index is 0.0322. The first kappa shape index (κ1) is 27.2. The Morgan fingerprint density at radius 1 is 0.868 bits per heavy atom. The van der Waals surface area contributed by atoms with E-state index >= 15 is 0 Å². The number of para-hydroxylation sites is 1. The van der Waals surface area contributed by atoms with Crippen molar-refractivity contribution < 1.29 is 18.7 Å². The minimum atomic E-state index is -0.417. The fourth-order valence-corrected chi connectivity index (χ4v) is 4.41. The maximum atomic E-state index is 12.7. The first-order valence-corrected chi connectivity index (χ1v) is 13.4. The van der Waals surface area contributed by atoms with E-state index in [2.05, 4.69) is 24.1 Å². The molecule has 0 aliphatic carbocycles. The number of nitrogens with zero attached hydrogens (tertiary/aromatic N) is 1. The van der Waals surface area contributed by atoms with E-state index < -0.39 is 6.09 Å². The maximum absolute atomic E-state index is 12.7. The molecular formula is C31H36N2O5. The van der Waals surface area contributed by atoms with Gasteiger partial charge in [0, 0.05) is 25.7 Å². The molecule has 4 rings (SSSR count). The topological polar surface area (TPSA) is 81.0 Å². The first-order chi connectivity index (χ1) is 18.6. The normalized spacial score (nSPS) is 11.2. The lowest BCUT2D eigenvalue weighted by Gasteiger charge is -2.22. The summed E-state index contributed by atoms with van der Waals surface area (Å²) in [5, 5.41) is 3.91. The number of hydrogen-bond donors (Lipinski definition) is 1. The van der Waals surface area contributed by atoms with Crippen molar-refractivity contribution in [3.05, 3.63) is 82.5 Å². The zero-order chi connectivity index (χ0) is 26.7. The molecule has 3 aromatic carbocycles. The predicted octanol–water partition coefficient (Wildman–Crippen LogP) is 6.52. The average molecular weight is 517 g/mol. The van der Waals surface area contributed by atoms with Crippen molar-refractivity contribution in [2.45, 2.75) is 46.1 Å². The van der Waals surface area contributed by atoms with Gasteiger partial charge in [0.1, 0.15) is 22.7 Å². The zero-order valence-electron chi connectivity index (χ0n) is 22.2.